The van der Waals surface area contributed by atoms with E-state index in [-0.39, 0.29) is 19.3 Å². The van der Waals surface area contributed by atoms with Crippen molar-refractivity contribution in [2.75, 3.05) is 13.1 Å². The Morgan fingerprint density at radius 1 is 0.737 bits per heavy atom. The lowest BCUT2D eigenvalue weighted by Crippen LogP contribution is -2.57. The van der Waals surface area contributed by atoms with E-state index in [9.17, 15) is 29.1 Å². The summed E-state index contributed by atoms with van der Waals surface area (Å²) in [5.74, 6) is -4.33. The van der Waals surface area contributed by atoms with Crippen LogP contribution in [0.15, 0.2) is 30.3 Å². The number of hydrogen-bond donors (Lipinski definition) is 8. The van der Waals surface area contributed by atoms with Crippen LogP contribution in [-0.4, -0.2) is 72.0 Å². The van der Waals surface area contributed by atoms with E-state index in [1.165, 1.54) is 0 Å². The number of rotatable bonds is 19. The molecule has 1 rings (SSSR count). The number of carboxylic acids is 1. The Labute approximate surface area is 222 Å². The lowest BCUT2D eigenvalue weighted by molar-refractivity contribution is -0.142. The van der Waals surface area contributed by atoms with Gasteiger partial charge in [0.2, 0.25) is 23.6 Å². The third-order valence-electron chi connectivity index (χ3n) is 5.81. The molecule has 0 fully saturated rings. The van der Waals surface area contributed by atoms with Crippen LogP contribution in [0.2, 0.25) is 0 Å². The maximum atomic E-state index is 13.1. The minimum Gasteiger partial charge on any atom is -0.480 e. The Balaban J connectivity index is 2.95. The zero-order valence-corrected chi connectivity index (χ0v) is 21.6. The maximum Gasteiger partial charge on any atom is 0.326 e. The second kappa shape index (κ2) is 17.8. The summed E-state index contributed by atoms with van der Waals surface area (Å²) in [5.41, 5.74) is 23.1. The third kappa shape index (κ3) is 12.6. The van der Waals surface area contributed by atoms with Gasteiger partial charge in [-0.25, -0.2) is 4.79 Å². The largest absolute Gasteiger partial charge is 0.480 e. The number of nitrogens with two attached hydrogens (primary N) is 4. The highest BCUT2D eigenvalue weighted by atomic mass is 16.4. The first-order chi connectivity index (χ1) is 18.1. The molecule has 0 saturated carbocycles. The Morgan fingerprint density at radius 2 is 1.24 bits per heavy atom. The van der Waals surface area contributed by atoms with Gasteiger partial charge in [-0.05, 0) is 63.6 Å². The predicted molar refractivity (Wildman–Crippen MR) is 141 cm³/mol. The molecule has 38 heavy (non-hydrogen) atoms. The van der Waals surface area contributed by atoms with Gasteiger partial charge in [0.1, 0.15) is 18.1 Å². The lowest BCUT2D eigenvalue weighted by atomic mass is 10.0. The molecule has 1 aromatic carbocycles. The summed E-state index contributed by atoms with van der Waals surface area (Å²) in [6.45, 7) is 0.746. The number of carboxylic acid groups (broad SMARTS) is 1. The van der Waals surface area contributed by atoms with Crippen LogP contribution >= 0.6 is 0 Å². The van der Waals surface area contributed by atoms with Gasteiger partial charge in [-0.3, -0.25) is 19.2 Å². The number of carbonyl (C=O) groups excluding carboxylic acids is 4. The van der Waals surface area contributed by atoms with Crippen LogP contribution in [0.25, 0.3) is 0 Å². The minimum absolute atomic E-state index is 0.118. The third-order valence-corrected chi connectivity index (χ3v) is 5.81. The van der Waals surface area contributed by atoms with E-state index in [1.54, 1.807) is 0 Å². The molecule has 4 atom stereocenters. The number of nitrogens with one attached hydrogen (secondary N) is 3. The van der Waals surface area contributed by atoms with Gasteiger partial charge < -0.3 is 44.0 Å². The molecule has 0 spiro atoms. The molecule has 12 N–H and O–H groups in total. The van der Waals surface area contributed by atoms with Crippen molar-refractivity contribution in [3.05, 3.63) is 35.9 Å². The van der Waals surface area contributed by atoms with Crippen molar-refractivity contribution in [2.45, 2.75) is 75.5 Å². The van der Waals surface area contributed by atoms with Crippen molar-refractivity contribution in [1.29, 1.82) is 0 Å². The molecule has 0 aliphatic rings. The van der Waals surface area contributed by atoms with Gasteiger partial charge in [0.05, 0.1) is 12.5 Å². The van der Waals surface area contributed by atoms with Gasteiger partial charge >= 0.3 is 5.97 Å². The van der Waals surface area contributed by atoms with Crippen molar-refractivity contribution in [1.82, 2.24) is 16.0 Å². The fourth-order valence-corrected chi connectivity index (χ4v) is 3.71. The van der Waals surface area contributed by atoms with Crippen LogP contribution in [0.1, 0.15) is 50.5 Å². The summed E-state index contributed by atoms with van der Waals surface area (Å²) in [5, 5.41) is 16.8. The van der Waals surface area contributed by atoms with Crippen molar-refractivity contribution >= 4 is 29.6 Å². The first-order valence-corrected chi connectivity index (χ1v) is 12.7. The van der Waals surface area contributed by atoms with Gasteiger partial charge in [-0.1, -0.05) is 30.3 Å². The van der Waals surface area contributed by atoms with E-state index in [4.69, 9.17) is 22.9 Å². The number of primary amides is 1. The fourth-order valence-electron chi connectivity index (χ4n) is 3.71. The molecule has 0 radical (unpaired) electrons. The van der Waals surface area contributed by atoms with Gasteiger partial charge in [-0.2, -0.15) is 0 Å². The first-order valence-electron chi connectivity index (χ1n) is 12.7. The van der Waals surface area contributed by atoms with Crippen LogP contribution in [0, 0.1) is 0 Å². The highest BCUT2D eigenvalue weighted by Gasteiger charge is 2.31. The Hall–Kier alpha value is -3.55. The van der Waals surface area contributed by atoms with Crippen molar-refractivity contribution in [3.8, 4) is 0 Å². The molecule has 0 aliphatic carbocycles. The Morgan fingerprint density at radius 3 is 1.76 bits per heavy atom. The maximum absolute atomic E-state index is 13.1. The van der Waals surface area contributed by atoms with Gasteiger partial charge in [-0.15, -0.1) is 0 Å². The van der Waals surface area contributed by atoms with Crippen LogP contribution in [-0.2, 0) is 30.4 Å². The van der Waals surface area contributed by atoms with Gasteiger partial charge in [0.25, 0.3) is 0 Å². The van der Waals surface area contributed by atoms with E-state index in [0.29, 0.717) is 38.8 Å². The molecule has 0 bridgehead atoms. The second-order valence-electron chi connectivity index (χ2n) is 9.06. The summed E-state index contributed by atoms with van der Waals surface area (Å²) in [6.07, 6.45) is 2.11. The first kappa shape index (κ1) is 32.5. The predicted octanol–water partition coefficient (Wildman–Crippen LogP) is -1.77. The van der Waals surface area contributed by atoms with Crippen molar-refractivity contribution < 1.29 is 29.1 Å². The second-order valence-corrected chi connectivity index (χ2v) is 9.06. The minimum atomic E-state index is -1.44. The molecule has 0 aromatic heterocycles. The molecule has 4 amide bonds. The monoisotopic (exact) mass is 535 g/mol. The van der Waals surface area contributed by atoms with E-state index in [0.717, 1.165) is 5.56 Å². The zero-order chi connectivity index (χ0) is 28.5. The van der Waals surface area contributed by atoms with E-state index < -0.39 is 60.2 Å². The molecule has 0 aliphatic heterocycles. The molecule has 13 nitrogen and oxygen atoms in total. The SMILES string of the molecule is NCCCCC(NC(=O)C(CC(N)=O)NC(=O)C(CCCCN)NC(=O)C(N)Cc1ccccc1)C(=O)O. The van der Waals surface area contributed by atoms with Crippen molar-refractivity contribution in [3.63, 3.8) is 0 Å². The average molecular weight is 536 g/mol. The van der Waals surface area contributed by atoms with E-state index in [1.807, 2.05) is 30.3 Å². The highest BCUT2D eigenvalue weighted by Crippen LogP contribution is 2.07. The average Bonchev–Trinajstić information content (AvgIpc) is 2.87. The normalized spacial score (nSPS) is 14.0. The number of carbonyl (C=O) groups is 5. The van der Waals surface area contributed by atoms with Crippen molar-refractivity contribution in [2.24, 2.45) is 22.9 Å². The van der Waals surface area contributed by atoms with E-state index in [2.05, 4.69) is 16.0 Å². The Bertz CT molecular complexity index is 915. The smallest absolute Gasteiger partial charge is 0.326 e. The molecule has 13 heteroatoms. The zero-order valence-electron chi connectivity index (χ0n) is 21.6. The molecule has 1 aromatic rings. The molecule has 0 heterocycles. The number of amides is 4. The highest BCUT2D eigenvalue weighted by molar-refractivity contribution is 5.96. The summed E-state index contributed by atoms with van der Waals surface area (Å²) in [7, 11) is 0. The summed E-state index contributed by atoms with van der Waals surface area (Å²) < 4.78 is 0. The lowest BCUT2D eigenvalue weighted by Gasteiger charge is -2.25. The summed E-state index contributed by atoms with van der Waals surface area (Å²) >= 11 is 0. The molecular weight excluding hydrogens is 494 g/mol. The summed E-state index contributed by atoms with van der Waals surface area (Å²) in [6, 6.07) is 4.44. The number of unbranched alkanes of at least 4 members (excludes halogenated alkanes) is 2. The summed E-state index contributed by atoms with van der Waals surface area (Å²) in [4.78, 5) is 61.9. The molecule has 212 valence electrons. The Kier molecular flexibility index (Phi) is 15.2. The van der Waals surface area contributed by atoms with Gasteiger partial charge in [0.15, 0.2) is 0 Å². The number of aliphatic carboxylic acids is 1. The van der Waals surface area contributed by atoms with Crippen LogP contribution in [0.5, 0.6) is 0 Å². The van der Waals surface area contributed by atoms with Crippen LogP contribution in [0.4, 0.5) is 0 Å². The van der Waals surface area contributed by atoms with Gasteiger partial charge in [0, 0.05) is 0 Å². The number of benzene rings is 1. The quantitative estimate of drug-likeness (QED) is 0.0932. The van der Waals surface area contributed by atoms with Crippen LogP contribution in [0.3, 0.4) is 0 Å². The standard InChI is InChI=1S/C25H41N7O6/c26-12-6-4-10-18(30-22(34)17(28)14-16-8-2-1-3-9-16)23(35)32-20(15-21(29)33)24(36)31-19(25(37)38)11-5-7-13-27/h1-3,8-9,17-20H,4-7,10-15,26-28H2,(H2,29,33)(H,30,34)(H,31,36)(H,32,35)(H,37,38). The molecule has 4 unspecified atom stereocenters. The topological polar surface area (TPSA) is 246 Å². The molecule has 0 saturated heterocycles. The molecular formula is C25H41N7O6. The van der Waals surface area contributed by atoms with E-state index >= 15 is 0 Å². The number of hydrogen-bond acceptors (Lipinski definition) is 8. The van der Waals surface area contributed by atoms with Crippen LogP contribution < -0.4 is 38.9 Å². The fraction of sp³-hybridized carbons (Fsp3) is 0.560.